The number of aromatic nitrogens is 3. The van der Waals surface area contributed by atoms with Crippen LogP contribution in [0.15, 0.2) is 66.7 Å². The number of H-pyrrole nitrogens is 1. The second kappa shape index (κ2) is 6.20. The molecule has 0 aliphatic heterocycles. The highest BCUT2D eigenvalue weighted by atomic mass is 16.1. The summed E-state index contributed by atoms with van der Waals surface area (Å²) in [6.07, 6.45) is 0. The molecule has 0 bridgehead atoms. The number of nitrogens with one attached hydrogen (secondary N) is 2. The predicted molar refractivity (Wildman–Crippen MR) is 98.5 cm³/mol. The number of anilines is 1. The first-order valence-corrected chi connectivity index (χ1v) is 7.99. The average molecular weight is 328 g/mol. The molecular weight excluding hydrogens is 312 g/mol. The molecule has 4 aromatic rings. The topological polar surface area (TPSA) is 70.7 Å². The summed E-state index contributed by atoms with van der Waals surface area (Å²) in [7, 11) is 0. The van der Waals surface area contributed by atoms with Gasteiger partial charge in [0.25, 0.3) is 5.91 Å². The molecule has 0 atom stereocenters. The van der Waals surface area contributed by atoms with Gasteiger partial charge in [0.05, 0.1) is 0 Å². The lowest BCUT2D eigenvalue weighted by Gasteiger charge is -2.03. The van der Waals surface area contributed by atoms with E-state index in [1.165, 1.54) is 5.56 Å². The summed E-state index contributed by atoms with van der Waals surface area (Å²) < 4.78 is 0. The van der Waals surface area contributed by atoms with Gasteiger partial charge in [0.15, 0.2) is 5.82 Å². The number of aryl methyl sites for hydroxylation is 1. The monoisotopic (exact) mass is 328 g/mol. The van der Waals surface area contributed by atoms with Gasteiger partial charge in [-0.3, -0.25) is 15.2 Å². The predicted octanol–water partition coefficient (Wildman–Crippen LogP) is 4.19. The molecule has 0 unspecified atom stereocenters. The summed E-state index contributed by atoms with van der Waals surface area (Å²) in [6.45, 7) is 2.03. The van der Waals surface area contributed by atoms with E-state index in [9.17, 15) is 4.79 Å². The molecule has 1 aromatic heterocycles. The molecular formula is C20H16N4O. The summed E-state index contributed by atoms with van der Waals surface area (Å²) in [4.78, 5) is 16.8. The van der Waals surface area contributed by atoms with E-state index in [0.29, 0.717) is 11.4 Å². The van der Waals surface area contributed by atoms with Gasteiger partial charge in [0.2, 0.25) is 5.95 Å². The second-order valence-electron chi connectivity index (χ2n) is 5.89. The Bertz CT molecular complexity index is 1050. The van der Waals surface area contributed by atoms with Gasteiger partial charge < -0.3 is 0 Å². The highest BCUT2D eigenvalue weighted by Gasteiger charge is 2.11. The third-order valence-electron chi connectivity index (χ3n) is 4.05. The molecule has 0 saturated heterocycles. The van der Waals surface area contributed by atoms with E-state index < -0.39 is 0 Å². The number of hydrogen-bond acceptors (Lipinski definition) is 3. The van der Waals surface area contributed by atoms with Crippen molar-refractivity contribution in [3.05, 3.63) is 77.9 Å². The maximum Gasteiger partial charge on any atom is 0.258 e. The molecule has 3 aromatic carbocycles. The first-order valence-electron chi connectivity index (χ1n) is 7.99. The zero-order chi connectivity index (χ0) is 17.2. The van der Waals surface area contributed by atoms with Gasteiger partial charge in [-0.05, 0) is 29.8 Å². The third kappa shape index (κ3) is 3.12. The lowest BCUT2D eigenvalue weighted by atomic mass is 10.1. The van der Waals surface area contributed by atoms with Crippen molar-refractivity contribution in [2.75, 3.05) is 5.32 Å². The summed E-state index contributed by atoms with van der Waals surface area (Å²) in [5.41, 5.74) is 2.66. The van der Waals surface area contributed by atoms with Crippen LogP contribution in [0, 0.1) is 6.92 Å². The summed E-state index contributed by atoms with van der Waals surface area (Å²) in [5.74, 6) is 0.641. The highest BCUT2D eigenvalue weighted by Crippen LogP contribution is 2.18. The van der Waals surface area contributed by atoms with E-state index in [0.717, 1.165) is 16.3 Å². The van der Waals surface area contributed by atoms with E-state index in [1.54, 1.807) is 6.07 Å². The maximum absolute atomic E-state index is 12.4. The largest absolute Gasteiger partial charge is 0.289 e. The lowest BCUT2D eigenvalue weighted by molar-refractivity contribution is 0.102. The molecule has 25 heavy (non-hydrogen) atoms. The van der Waals surface area contributed by atoms with Crippen LogP contribution < -0.4 is 5.32 Å². The smallest absolute Gasteiger partial charge is 0.258 e. The fraction of sp³-hybridized carbons (Fsp3) is 0.0500. The molecule has 0 spiro atoms. The quantitative estimate of drug-likeness (QED) is 0.592. The van der Waals surface area contributed by atoms with Gasteiger partial charge in [-0.2, -0.15) is 4.98 Å². The minimum atomic E-state index is -0.236. The number of benzene rings is 3. The van der Waals surface area contributed by atoms with Crippen LogP contribution >= 0.6 is 0 Å². The van der Waals surface area contributed by atoms with Crippen molar-refractivity contribution in [2.45, 2.75) is 6.92 Å². The van der Waals surface area contributed by atoms with Crippen LogP contribution in [0.3, 0.4) is 0 Å². The molecule has 5 heteroatoms. The molecule has 1 amide bonds. The minimum Gasteiger partial charge on any atom is -0.289 e. The van der Waals surface area contributed by atoms with Gasteiger partial charge in [-0.15, -0.1) is 5.10 Å². The average Bonchev–Trinajstić information content (AvgIpc) is 3.10. The summed E-state index contributed by atoms with van der Waals surface area (Å²) in [6, 6.07) is 21.4. The van der Waals surface area contributed by atoms with Crippen molar-refractivity contribution in [1.82, 2.24) is 15.2 Å². The molecule has 122 valence electrons. The fourth-order valence-corrected chi connectivity index (χ4v) is 2.66. The Morgan fingerprint density at radius 1 is 0.960 bits per heavy atom. The van der Waals surface area contributed by atoms with Crippen LogP contribution in [-0.2, 0) is 0 Å². The van der Waals surface area contributed by atoms with E-state index in [-0.39, 0.29) is 11.9 Å². The van der Waals surface area contributed by atoms with Gasteiger partial charge in [0, 0.05) is 11.1 Å². The molecule has 1 heterocycles. The Morgan fingerprint density at radius 3 is 2.52 bits per heavy atom. The van der Waals surface area contributed by atoms with Crippen molar-refractivity contribution in [2.24, 2.45) is 0 Å². The summed E-state index contributed by atoms with van der Waals surface area (Å²) >= 11 is 0. The lowest BCUT2D eigenvalue weighted by Crippen LogP contribution is -2.12. The van der Waals surface area contributed by atoms with E-state index in [1.807, 2.05) is 67.6 Å². The molecule has 5 nitrogen and oxygen atoms in total. The van der Waals surface area contributed by atoms with Crippen molar-refractivity contribution in [3.63, 3.8) is 0 Å². The number of rotatable bonds is 3. The second-order valence-corrected chi connectivity index (χ2v) is 5.89. The van der Waals surface area contributed by atoms with Crippen LogP contribution in [0.2, 0.25) is 0 Å². The first kappa shape index (κ1) is 15.1. The minimum absolute atomic E-state index is 0.236. The number of carbonyl (C=O) groups excluding carboxylic acids is 1. The fourth-order valence-electron chi connectivity index (χ4n) is 2.66. The Balaban J connectivity index is 1.55. The number of carbonyl (C=O) groups is 1. The number of hydrogen-bond donors (Lipinski definition) is 2. The van der Waals surface area contributed by atoms with Crippen LogP contribution in [0.5, 0.6) is 0 Å². The van der Waals surface area contributed by atoms with Crippen LogP contribution in [-0.4, -0.2) is 21.1 Å². The Hall–Kier alpha value is -3.47. The van der Waals surface area contributed by atoms with Crippen LogP contribution in [0.4, 0.5) is 5.95 Å². The van der Waals surface area contributed by atoms with Gasteiger partial charge in [-0.25, -0.2) is 0 Å². The van der Waals surface area contributed by atoms with Crippen molar-refractivity contribution < 1.29 is 4.79 Å². The molecule has 0 aliphatic carbocycles. The third-order valence-corrected chi connectivity index (χ3v) is 4.05. The van der Waals surface area contributed by atoms with Gasteiger partial charge in [-0.1, -0.05) is 60.2 Å². The molecule has 0 radical (unpaired) electrons. The molecule has 0 aliphatic rings. The Kier molecular flexibility index (Phi) is 3.74. The molecule has 4 rings (SSSR count). The Labute approximate surface area is 144 Å². The van der Waals surface area contributed by atoms with E-state index >= 15 is 0 Å². The van der Waals surface area contributed by atoms with E-state index in [4.69, 9.17) is 0 Å². The first-order chi connectivity index (χ1) is 12.2. The van der Waals surface area contributed by atoms with Crippen LogP contribution in [0.25, 0.3) is 22.2 Å². The van der Waals surface area contributed by atoms with Gasteiger partial charge in [0.1, 0.15) is 0 Å². The highest BCUT2D eigenvalue weighted by molar-refractivity contribution is 6.05. The zero-order valence-electron chi connectivity index (χ0n) is 13.7. The van der Waals surface area contributed by atoms with Gasteiger partial charge >= 0.3 is 0 Å². The molecule has 0 saturated carbocycles. The molecule has 0 fully saturated rings. The van der Waals surface area contributed by atoms with E-state index in [2.05, 4.69) is 20.5 Å². The number of amides is 1. The number of fused-ring (bicyclic) bond motifs is 1. The van der Waals surface area contributed by atoms with Crippen molar-refractivity contribution in [3.8, 4) is 11.4 Å². The number of aromatic amines is 1. The maximum atomic E-state index is 12.4. The standard InChI is InChI=1S/C20H16N4O/c1-13-6-8-15(9-7-13)18-21-20(24-23-18)22-19(25)17-11-10-14-4-2-3-5-16(14)12-17/h2-12H,1H3,(H2,21,22,23,24,25). The summed E-state index contributed by atoms with van der Waals surface area (Å²) in [5, 5.41) is 11.8. The Morgan fingerprint density at radius 2 is 1.72 bits per heavy atom. The zero-order valence-corrected chi connectivity index (χ0v) is 13.7. The normalized spacial score (nSPS) is 10.8. The molecule has 2 N–H and O–H groups in total. The van der Waals surface area contributed by atoms with Crippen LogP contribution in [0.1, 0.15) is 15.9 Å². The van der Waals surface area contributed by atoms with Crippen molar-refractivity contribution in [1.29, 1.82) is 0 Å². The number of nitrogens with zero attached hydrogens (tertiary/aromatic N) is 2. The van der Waals surface area contributed by atoms with Crippen molar-refractivity contribution >= 4 is 22.6 Å². The SMILES string of the molecule is Cc1ccc(-c2nc(NC(=O)c3ccc4ccccc4c3)n[nH]2)cc1.